The minimum Gasteiger partial charge on any atom is -0.482 e. The first-order valence-corrected chi connectivity index (χ1v) is 6.89. The summed E-state index contributed by atoms with van der Waals surface area (Å²) in [6.07, 6.45) is 2.61. The number of hydrogen-bond acceptors (Lipinski definition) is 3. The van der Waals surface area contributed by atoms with Gasteiger partial charge in [-0.05, 0) is 38.1 Å². The molecule has 2 aromatic rings. The summed E-state index contributed by atoms with van der Waals surface area (Å²) < 4.78 is 24.8. The van der Waals surface area contributed by atoms with Crippen LogP contribution >= 0.6 is 0 Å². The smallest absolute Gasteiger partial charge is 0.165 e. The Balaban J connectivity index is 2.13. The highest BCUT2D eigenvalue weighted by molar-refractivity contribution is 5.37. The average Bonchev–Trinajstić information content (AvgIpc) is 2.96. The Labute approximate surface area is 118 Å². The van der Waals surface area contributed by atoms with Gasteiger partial charge < -0.3 is 14.5 Å². The van der Waals surface area contributed by atoms with E-state index in [1.807, 2.05) is 13.0 Å². The van der Waals surface area contributed by atoms with Crippen LogP contribution in [0.3, 0.4) is 0 Å². The molecule has 1 atom stereocenters. The molecule has 4 heteroatoms. The lowest BCUT2D eigenvalue weighted by Gasteiger charge is -2.18. The SMILES string of the molecule is CCCNC(C)c1cccc(F)c1OCc1ccco1. The van der Waals surface area contributed by atoms with E-state index >= 15 is 0 Å². The molecule has 1 unspecified atom stereocenters. The number of furan rings is 1. The van der Waals surface area contributed by atoms with Crippen LogP contribution in [-0.4, -0.2) is 6.54 Å². The lowest BCUT2D eigenvalue weighted by molar-refractivity contribution is 0.254. The first kappa shape index (κ1) is 14.6. The zero-order chi connectivity index (χ0) is 14.4. The van der Waals surface area contributed by atoms with Crippen molar-refractivity contribution in [1.82, 2.24) is 5.32 Å². The quantitative estimate of drug-likeness (QED) is 0.828. The molecular weight excluding hydrogens is 257 g/mol. The molecule has 1 aromatic carbocycles. The monoisotopic (exact) mass is 277 g/mol. The lowest BCUT2D eigenvalue weighted by Crippen LogP contribution is -2.20. The van der Waals surface area contributed by atoms with E-state index in [0.717, 1.165) is 18.5 Å². The zero-order valence-corrected chi connectivity index (χ0v) is 11.9. The normalized spacial score (nSPS) is 12.3. The first-order valence-electron chi connectivity index (χ1n) is 6.89. The largest absolute Gasteiger partial charge is 0.482 e. The van der Waals surface area contributed by atoms with Crippen molar-refractivity contribution in [2.45, 2.75) is 32.9 Å². The maximum atomic E-state index is 14.0. The fourth-order valence-corrected chi connectivity index (χ4v) is 2.03. The molecule has 20 heavy (non-hydrogen) atoms. The van der Waals surface area contributed by atoms with Gasteiger partial charge in [-0.15, -0.1) is 0 Å². The predicted octanol–water partition coefficient (Wildman–Crippen LogP) is 4.06. The number of halogens is 1. The summed E-state index contributed by atoms with van der Waals surface area (Å²) in [7, 11) is 0. The maximum Gasteiger partial charge on any atom is 0.165 e. The van der Waals surface area contributed by atoms with Crippen molar-refractivity contribution in [2.75, 3.05) is 6.54 Å². The Hall–Kier alpha value is -1.81. The Bertz CT molecular complexity index is 525. The highest BCUT2D eigenvalue weighted by Crippen LogP contribution is 2.29. The molecule has 0 saturated carbocycles. The Morgan fingerprint density at radius 1 is 1.30 bits per heavy atom. The highest BCUT2D eigenvalue weighted by Gasteiger charge is 2.15. The molecule has 0 radical (unpaired) electrons. The van der Waals surface area contributed by atoms with Gasteiger partial charge in [0, 0.05) is 11.6 Å². The summed E-state index contributed by atoms with van der Waals surface area (Å²) in [6.45, 7) is 5.21. The van der Waals surface area contributed by atoms with E-state index in [4.69, 9.17) is 9.15 Å². The van der Waals surface area contributed by atoms with Crippen molar-refractivity contribution in [2.24, 2.45) is 0 Å². The van der Waals surface area contributed by atoms with Gasteiger partial charge in [-0.2, -0.15) is 0 Å². The van der Waals surface area contributed by atoms with Crippen LogP contribution in [0.2, 0.25) is 0 Å². The third kappa shape index (κ3) is 3.61. The number of benzene rings is 1. The summed E-state index contributed by atoms with van der Waals surface area (Å²) in [4.78, 5) is 0. The third-order valence-electron chi connectivity index (χ3n) is 3.10. The van der Waals surface area contributed by atoms with Gasteiger partial charge >= 0.3 is 0 Å². The van der Waals surface area contributed by atoms with Gasteiger partial charge in [-0.1, -0.05) is 19.1 Å². The van der Waals surface area contributed by atoms with Crippen LogP contribution in [0.25, 0.3) is 0 Å². The van der Waals surface area contributed by atoms with Crippen LogP contribution < -0.4 is 10.1 Å². The van der Waals surface area contributed by atoms with Gasteiger partial charge in [-0.25, -0.2) is 4.39 Å². The fourth-order valence-electron chi connectivity index (χ4n) is 2.03. The Morgan fingerprint density at radius 3 is 2.85 bits per heavy atom. The molecule has 0 amide bonds. The Kier molecular flexibility index (Phi) is 5.18. The molecule has 0 fully saturated rings. The van der Waals surface area contributed by atoms with E-state index < -0.39 is 0 Å². The summed E-state index contributed by atoms with van der Waals surface area (Å²) in [5, 5.41) is 3.34. The van der Waals surface area contributed by atoms with Crippen LogP contribution in [0.1, 0.15) is 37.6 Å². The predicted molar refractivity (Wildman–Crippen MR) is 76.1 cm³/mol. The average molecular weight is 277 g/mol. The molecule has 1 N–H and O–H groups in total. The molecule has 0 aliphatic rings. The Morgan fingerprint density at radius 2 is 2.15 bits per heavy atom. The number of ether oxygens (including phenoxy) is 1. The van der Waals surface area contributed by atoms with Crippen LogP contribution in [0, 0.1) is 5.82 Å². The molecule has 0 aliphatic heterocycles. The van der Waals surface area contributed by atoms with E-state index in [1.54, 1.807) is 24.5 Å². The van der Waals surface area contributed by atoms with Crippen molar-refractivity contribution < 1.29 is 13.5 Å². The van der Waals surface area contributed by atoms with Crippen molar-refractivity contribution >= 4 is 0 Å². The molecule has 108 valence electrons. The molecule has 3 nitrogen and oxygen atoms in total. The van der Waals surface area contributed by atoms with Gasteiger partial charge in [0.15, 0.2) is 11.6 Å². The van der Waals surface area contributed by atoms with E-state index in [-0.39, 0.29) is 18.5 Å². The molecular formula is C16H20FNO2. The minimum atomic E-state index is -0.348. The second-order valence-electron chi connectivity index (χ2n) is 4.70. The van der Waals surface area contributed by atoms with E-state index in [1.165, 1.54) is 6.07 Å². The molecule has 0 bridgehead atoms. The van der Waals surface area contributed by atoms with Gasteiger partial charge in [0.25, 0.3) is 0 Å². The van der Waals surface area contributed by atoms with Gasteiger partial charge in [0.1, 0.15) is 12.4 Å². The van der Waals surface area contributed by atoms with E-state index in [9.17, 15) is 4.39 Å². The van der Waals surface area contributed by atoms with Gasteiger partial charge in [0.05, 0.1) is 6.26 Å². The number of rotatable bonds is 7. The number of hydrogen-bond donors (Lipinski definition) is 1. The fraction of sp³-hybridized carbons (Fsp3) is 0.375. The third-order valence-corrected chi connectivity index (χ3v) is 3.10. The summed E-state index contributed by atoms with van der Waals surface area (Å²) in [5.41, 5.74) is 0.824. The second-order valence-corrected chi connectivity index (χ2v) is 4.70. The molecule has 0 saturated heterocycles. The van der Waals surface area contributed by atoms with Crippen LogP contribution in [-0.2, 0) is 6.61 Å². The van der Waals surface area contributed by atoms with E-state index in [2.05, 4.69) is 12.2 Å². The van der Waals surface area contributed by atoms with Crippen LogP contribution in [0.5, 0.6) is 5.75 Å². The maximum absolute atomic E-state index is 14.0. The standard InChI is InChI=1S/C16H20FNO2/c1-3-9-18-12(2)14-7-4-8-15(17)16(14)20-11-13-6-5-10-19-13/h4-8,10,12,18H,3,9,11H2,1-2H3. The zero-order valence-electron chi connectivity index (χ0n) is 11.9. The molecule has 0 spiro atoms. The van der Waals surface area contributed by atoms with Gasteiger partial charge in [0.2, 0.25) is 0 Å². The molecule has 1 aromatic heterocycles. The summed E-state index contributed by atoms with van der Waals surface area (Å²) in [5.74, 6) is 0.618. The number of para-hydroxylation sites is 1. The van der Waals surface area contributed by atoms with Crippen LogP contribution in [0.4, 0.5) is 4.39 Å². The minimum absolute atomic E-state index is 0.0391. The van der Waals surface area contributed by atoms with Crippen LogP contribution in [0.15, 0.2) is 41.0 Å². The molecule has 2 rings (SSSR count). The topological polar surface area (TPSA) is 34.4 Å². The number of nitrogens with one attached hydrogen (secondary N) is 1. The van der Waals surface area contributed by atoms with Crippen molar-refractivity contribution in [3.05, 3.63) is 53.7 Å². The first-order chi connectivity index (χ1) is 9.72. The van der Waals surface area contributed by atoms with Gasteiger partial charge in [-0.3, -0.25) is 0 Å². The van der Waals surface area contributed by atoms with E-state index in [0.29, 0.717) is 11.5 Å². The lowest BCUT2D eigenvalue weighted by atomic mass is 10.1. The van der Waals surface area contributed by atoms with Crippen molar-refractivity contribution in [3.8, 4) is 5.75 Å². The summed E-state index contributed by atoms with van der Waals surface area (Å²) in [6, 6.07) is 8.62. The molecule has 0 aliphatic carbocycles. The van der Waals surface area contributed by atoms with Crippen molar-refractivity contribution in [3.63, 3.8) is 0 Å². The molecule has 1 heterocycles. The second kappa shape index (κ2) is 7.10. The highest BCUT2D eigenvalue weighted by atomic mass is 19.1. The van der Waals surface area contributed by atoms with Crippen molar-refractivity contribution in [1.29, 1.82) is 0 Å². The summed E-state index contributed by atoms with van der Waals surface area (Å²) >= 11 is 0.